The Labute approximate surface area is 140 Å². The highest BCUT2D eigenvalue weighted by Gasteiger charge is 2.04. The Balaban J connectivity index is 2.06. The smallest absolute Gasteiger partial charge is 0.115 e. The summed E-state index contributed by atoms with van der Waals surface area (Å²) in [6.45, 7) is 1.55. The van der Waals surface area contributed by atoms with Crippen LogP contribution in [-0.2, 0) is 0 Å². The predicted molar refractivity (Wildman–Crippen MR) is 95.5 cm³/mol. The first-order valence-corrected chi connectivity index (χ1v) is 8.10. The van der Waals surface area contributed by atoms with Gasteiger partial charge in [-0.1, -0.05) is 12.1 Å². The van der Waals surface area contributed by atoms with Crippen molar-refractivity contribution in [1.29, 1.82) is 0 Å². The van der Waals surface area contributed by atoms with Gasteiger partial charge in [0.1, 0.15) is 5.75 Å². The Morgan fingerprint density at radius 3 is 2.05 bits per heavy atom. The number of phenols is 1. The van der Waals surface area contributed by atoms with Gasteiger partial charge in [-0.15, -0.1) is 23.2 Å². The molecule has 2 aromatic rings. The number of anilines is 1. The molecular weight excluding hydrogens is 319 g/mol. The summed E-state index contributed by atoms with van der Waals surface area (Å²) in [5.74, 6) is 1.38. The molecule has 5 heteroatoms. The summed E-state index contributed by atoms with van der Waals surface area (Å²) in [6.07, 6.45) is 1.80. The Kier molecular flexibility index (Phi) is 6.56. The van der Waals surface area contributed by atoms with E-state index in [4.69, 9.17) is 23.2 Å². The second-order valence-corrected chi connectivity index (χ2v) is 5.49. The Morgan fingerprint density at radius 2 is 1.50 bits per heavy atom. The third kappa shape index (κ3) is 4.93. The van der Waals surface area contributed by atoms with Crippen molar-refractivity contribution in [2.75, 3.05) is 29.7 Å². The third-order valence-electron chi connectivity index (χ3n) is 3.18. The lowest BCUT2D eigenvalue weighted by atomic mass is 10.2. The molecule has 1 N–H and O–H groups in total. The number of alkyl halides is 2. The molecule has 2 aromatic carbocycles. The summed E-state index contributed by atoms with van der Waals surface area (Å²) in [7, 11) is 0. The number of benzene rings is 2. The van der Waals surface area contributed by atoms with Crippen LogP contribution in [0.5, 0.6) is 5.75 Å². The van der Waals surface area contributed by atoms with Crippen molar-refractivity contribution in [3.05, 3.63) is 54.1 Å². The van der Waals surface area contributed by atoms with Crippen LogP contribution in [0.3, 0.4) is 0 Å². The van der Waals surface area contributed by atoms with Gasteiger partial charge in [0.2, 0.25) is 0 Å². The molecule has 0 saturated carbocycles. The number of hydrogen-bond donors (Lipinski definition) is 1. The second kappa shape index (κ2) is 8.66. The van der Waals surface area contributed by atoms with Crippen molar-refractivity contribution < 1.29 is 5.11 Å². The highest BCUT2D eigenvalue weighted by molar-refractivity contribution is 6.18. The second-order valence-electron chi connectivity index (χ2n) is 4.73. The monoisotopic (exact) mass is 336 g/mol. The molecule has 0 saturated heterocycles. The first kappa shape index (κ1) is 16.7. The lowest BCUT2D eigenvalue weighted by Crippen LogP contribution is -2.27. The molecule has 116 valence electrons. The quantitative estimate of drug-likeness (QED) is 0.599. The van der Waals surface area contributed by atoms with E-state index in [9.17, 15) is 5.11 Å². The van der Waals surface area contributed by atoms with Gasteiger partial charge in [0, 0.05) is 36.8 Å². The van der Waals surface area contributed by atoms with Crippen LogP contribution < -0.4 is 4.90 Å². The number of aromatic hydroxyl groups is 1. The van der Waals surface area contributed by atoms with E-state index in [2.05, 4.69) is 9.89 Å². The summed E-state index contributed by atoms with van der Waals surface area (Å²) in [6, 6.07) is 14.9. The zero-order chi connectivity index (χ0) is 15.8. The minimum absolute atomic E-state index is 0.238. The van der Waals surface area contributed by atoms with Crippen molar-refractivity contribution in [3.63, 3.8) is 0 Å². The molecule has 3 nitrogen and oxygen atoms in total. The van der Waals surface area contributed by atoms with Gasteiger partial charge in [0.25, 0.3) is 0 Å². The average Bonchev–Trinajstić information content (AvgIpc) is 2.55. The highest BCUT2D eigenvalue weighted by atomic mass is 35.5. The minimum atomic E-state index is 0.238. The summed E-state index contributed by atoms with van der Waals surface area (Å²) in [5, 5.41) is 9.24. The molecular formula is C17H18Cl2N2O. The summed E-state index contributed by atoms with van der Waals surface area (Å²) < 4.78 is 0. The van der Waals surface area contributed by atoms with E-state index < -0.39 is 0 Å². The summed E-state index contributed by atoms with van der Waals surface area (Å²) >= 11 is 11.6. The molecule has 2 rings (SSSR count). The van der Waals surface area contributed by atoms with Crippen LogP contribution in [0.2, 0.25) is 0 Å². The number of halogens is 2. The van der Waals surface area contributed by atoms with Crippen molar-refractivity contribution in [2.24, 2.45) is 4.99 Å². The van der Waals surface area contributed by atoms with Crippen LogP contribution in [-0.4, -0.2) is 36.2 Å². The largest absolute Gasteiger partial charge is 0.508 e. The van der Waals surface area contributed by atoms with Crippen LogP contribution in [0.4, 0.5) is 11.4 Å². The number of phenolic OH excluding ortho intramolecular Hbond substituents is 1. The third-order valence-corrected chi connectivity index (χ3v) is 3.52. The van der Waals surface area contributed by atoms with Gasteiger partial charge in [-0.05, 0) is 42.0 Å². The van der Waals surface area contributed by atoms with Crippen LogP contribution in [0.15, 0.2) is 53.5 Å². The van der Waals surface area contributed by atoms with Crippen LogP contribution >= 0.6 is 23.2 Å². The van der Waals surface area contributed by atoms with E-state index in [1.807, 2.05) is 24.3 Å². The number of aliphatic imine (C=N–C) groups is 1. The fourth-order valence-corrected chi connectivity index (χ4v) is 2.44. The molecule has 0 atom stereocenters. The molecule has 0 amide bonds. The minimum Gasteiger partial charge on any atom is -0.508 e. The van der Waals surface area contributed by atoms with Gasteiger partial charge in [0.15, 0.2) is 0 Å². The van der Waals surface area contributed by atoms with Crippen LogP contribution in [0, 0.1) is 0 Å². The first-order valence-electron chi connectivity index (χ1n) is 7.03. The van der Waals surface area contributed by atoms with E-state index in [0.29, 0.717) is 11.8 Å². The molecule has 0 aliphatic carbocycles. The maximum Gasteiger partial charge on any atom is 0.115 e. The molecule has 0 aliphatic heterocycles. The van der Waals surface area contributed by atoms with Gasteiger partial charge < -0.3 is 10.0 Å². The first-order chi connectivity index (χ1) is 10.7. The molecule has 0 fully saturated rings. The normalized spacial score (nSPS) is 11.0. The molecule has 22 heavy (non-hydrogen) atoms. The van der Waals surface area contributed by atoms with Crippen molar-refractivity contribution in [2.45, 2.75) is 0 Å². The molecule has 0 unspecified atom stereocenters. The molecule has 0 aromatic heterocycles. The van der Waals surface area contributed by atoms with Gasteiger partial charge in [0.05, 0.1) is 5.69 Å². The predicted octanol–water partition coefficient (Wildman–Crippen LogP) is 4.43. The molecule has 0 heterocycles. The van der Waals surface area contributed by atoms with Gasteiger partial charge in [-0.25, -0.2) is 0 Å². The summed E-state index contributed by atoms with van der Waals surface area (Å²) in [5.41, 5.74) is 2.91. The van der Waals surface area contributed by atoms with E-state index >= 15 is 0 Å². The SMILES string of the molecule is Oc1ccc(N=Cc2ccc(N(CCCl)CCCl)cc2)cc1. The molecule has 0 spiro atoms. The van der Waals surface area contributed by atoms with Crippen molar-refractivity contribution in [1.82, 2.24) is 0 Å². The van der Waals surface area contributed by atoms with E-state index in [1.165, 1.54) is 0 Å². The topological polar surface area (TPSA) is 35.8 Å². The average molecular weight is 337 g/mol. The lowest BCUT2D eigenvalue weighted by Gasteiger charge is -2.22. The fraction of sp³-hybridized carbons (Fsp3) is 0.235. The Morgan fingerprint density at radius 1 is 0.909 bits per heavy atom. The lowest BCUT2D eigenvalue weighted by molar-refractivity contribution is 0.475. The van der Waals surface area contributed by atoms with E-state index in [0.717, 1.165) is 30.0 Å². The van der Waals surface area contributed by atoms with Crippen LogP contribution in [0.1, 0.15) is 5.56 Å². The maximum atomic E-state index is 9.24. The zero-order valence-electron chi connectivity index (χ0n) is 12.1. The highest BCUT2D eigenvalue weighted by Crippen LogP contribution is 2.18. The zero-order valence-corrected chi connectivity index (χ0v) is 13.6. The van der Waals surface area contributed by atoms with Gasteiger partial charge >= 0.3 is 0 Å². The summed E-state index contributed by atoms with van der Waals surface area (Å²) in [4.78, 5) is 6.53. The maximum absolute atomic E-state index is 9.24. The van der Waals surface area contributed by atoms with Gasteiger partial charge in [-0.2, -0.15) is 0 Å². The van der Waals surface area contributed by atoms with E-state index in [-0.39, 0.29) is 5.75 Å². The number of rotatable bonds is 7. The molecule has 0 bridgehead atoms. The molecule has 0 aliphatic rings. The van der Waals surface area contributed by atoms with Crippen LogP contribution in [0.25, 0.3) is 0 Å². The van der Waals surface area contributed by atoms with Crippen molar-refractivity contribution in [3.8, 4) is 5.75 Å². The standard InChI is InChI=1S/C17H18Cl2N2O/c18-9-11-21(12-10-19)16-5-1-14(2-6-16)13-20-15-3-7-17(22)8-4-15/h1-8,13,22H,9-12H2. The van der Waals surface area contributed by atoms with Crippen molar-refractivity contribution >= 4 is 40.8 Å². The Hall–Kier alpha value is -1.71. The van der Waals surface area contributed by atoms with E-state index in [1.54, 1.807) is 30.5 Å². The fourth-order valence-electron chi connectivity index (χ4n) is 2.03. The molecule has 0 radical (unpaired) electrons. The Bertz CT molecular complexity index is 591. The van der Waals surface area contributed by atoms with Gasteiger partial charge in [-0.3, -0.25) is 4.99 Å². The number of nitrogens with zero attached hydrogens (tertiary/aromatic N) is 2. The number of hydrogen-bond acceptors (Lipinski definition) is 3.